The summed E-state index contributed by atoms with van der Waals surface area (Å²) in [4.78, 5) is 4.67. The van der Waals surface area contributed by atoms with E-state index < -0.39 is 0 Å². The Morgan fingerprint density at radius 2 is 1.83 bits per heavy atom. The Kier molecular flexibility index (Phi) is 8.94. The van der Waals surface area contributed by atoms with Crippen LogP contribution in [0, 0.1) is 0 Å². The average Bonchev–Trinajstić information content (AvgIpc) is 2.75. The molecule has 0 radical (unpaired) electrons. The second-order valence-corrected chi connectivity index (χ2v) is 8.82. The van der Waals surface area contributed by atoms with Crippen LogP contribution in [0.4, 0.5) is 5.69 Å². The van der Waals surface area contributed by atoms with Crippen molar-refractivity contribution in [2.24, 2.45) is 0 Å². The average molecular weight is 446 g/mol. The van der Waals surface area contributed by atoms with Crippen LogP contribution in [0.25, 0.3) is 0 Å². The quantitative estimate of drug-likeness (QED) is 0.550. The maximum atomic E-state index is 6.42. The first kappa shape index (κ1) is 23.0. The molecule has 0 atom stereocenters. The summed E-state index contributed by atoms with van der Waals surface area (Å²) in [6, 6.07) is 16.5. The van der Waals surface area contributed by atoms with Crippen molar-refractivity contribution in [1.82, 2.24) is 9.80 Å². The topological polar surface area (TPSA) is 27.7 Å². The molecule has 4 nitrogen and oxygen atoms in total. The number of hydrogen-bond acceptors (Lipinski definition) is 3. The summed E-state index contributed by atoms with van der Waals surface area (Å²) < 4.78 is 5.45. The lowest BCUT2D eigenvalue weighted by Gasteiger charge is -2.30. The molecule has 1 heterocycles. The van der Waals surface area contributed by atoms with Crippen LogP contribution < -0.4 is 5.32 Å². The molecule has 0 aromatic heterocycles. The van der Waals surface area contributed by atoms with Gasteiger partial charge < -0.3 is 15.0 Å². The van der Waals surface area contributed by atoms with Crippen molar-refractivity contribution in [2.45, 2.75) is 32.7 Å². The maximum Gasteiger partial charge on any atom is 0.173 e. The fraction of sp³-hybridized carbons (Fsp3) is 0.458. The van der Waals surface area contributed by atoms with E-state index in [4.69, 9.17) is 28.6 Å². The zero-order valence-electron chi connectivity index (χ0n) is 17.9. The highest BCUT2D eigenvalue weighted by Crippen LogP contribution is 2.20. The number of thiocarbonyl (C=S) groups is 1. The summed E-state index contributed by atoms with van der Waals surface area (Å²) in [7, 11) is 0. The smallest absolute Gasteiger partial charge is 0.173 e. The molecule has 0 unspecified atom stereocenters. The van der Waals surface area contributed by atoms with Crippen molar-refractivity contribution in [3.05, 3.63) is 64.7 Å². The van der Waals surface area contributed by atoms with E-state index in [1.165, 1.54) is 5.56 Å². The normalized spacial score (nSPS) is 14.7. The first-order chi connectivity index (χ1) is 14.5. The van der Waals surface area contributed by atoms with E-state index in [1.54, 1.807) is 0 Å². The molecule has 1 aliphatic heterocycles. The van der Waals surface area contributed by atoms with Gasteiger partial charge in [0.05, 0.1) is 13.2 Å². The van der Waals surface area contributed by atoms with E-state index in [1.807, 2.05) is 18.2 Å². The lowest BCUT2D eigenvalue weighted by atomic mass is 10.0. The Hall–Kier alpha value is -1.66. The lowest BCUT2D eigenvalue weighted by Crippen LogP contribution is -2.40. The maximum absolute atomic E-state index is 6.42. The first-order valence-corrected chi connectivity index (χ1v) is 11.5. The third-order valence-corrected chi connectivity index (χ3v) is 6.17. The third-order valence-electron chi connectivity index (χ3n) is 5.44. The second kappa shape index (κ2) is 11.7. The van der Waals surface area contributed by atoms with Gasteiger partial charge in [0, 0.05) is 43.4 Å². The van der Waals surface area contributed by atoms with Gasteiger partial charge in [0.2, 0.25) is 0 Å². The molecule has 1 saturated heterocycles. The minimum atomic E-state index is 0.517. The highest BCUT2D eigenvalue weighted by Gasteiger charge is 2.15. The number of rotatable bonds is 8. The molecule has 0 aliphatic carbocycles. The van der Waals surface area contributed by atoms with Crippen LogP contribution in [0.5, 0.6) is 0 Å². The van der Waals surface area contributed by atoms with Gasteiger partial charge in [0.1, 0.15) is 0 Å². The monoisotopic (exact) mass is 445 g/mol. The predicted octanol–water partition coefficient (Wildman–Crippen LogP) is 5.38. The van der Waals surface area contributed by atoms with E-state index >= 15 is 0 Å². The molecule has 0 bridgehead atoms. The molecular formula is C24H32ClN3OS. The molecule has 6 heteroatoms. The Bertz CT molecular complexity index is 806. The van der Waals surface area contributed by atoms with Crippen molar-refractivity contribution in [1.29, 1.82) is 0 Å². The third kappa shape index (κ3) is 6.95. The summed E-state index contributed by atoms with van der Waals surface area (Å²) in [5.41, 5.74) is 3.43. The zero-order chi connectivity index (χ0) is 21.3. The predicted molar refractivity (Wildman–Crippen MR) is 130 cm³/mol. The highest BCUT2D eigenvalue weighted by atomic mass is 35.5. The molecule has 0 spiro atoms. The fourth-order valence-electron chi connectivity index (χ4n) is 3.55. The minimum Gasteiger partial charge on any atom is -0.379 e. The molecule has 1 N–H and O–H groups in total. The summed E-state index contributed by atoms with van der Waals surface area (Å²) in [6.45, 7) is 10.7. The minimum absolute atomic E-state index is 0.517. The van der Waals surface area contributed by atoms with E-state index in [-0.39, 0.29) is 0 Å². The highest BCUT2D eigenvalue weighted by molar-refractivity contribution is 7.80. The molecule has 30 heavy (non-hydrogen) atoms. The number of anilines is 1. The Labute approximate surface area is 191 Å². The summed E-state index contributed by atoms with van der Waals surface area (Å²) in [6.07, 6.45) is 1.04. The number of hydrogen-bond donors (Lipinski definition) is 1. The molecular weight excluding hydrogens is 414 g/mol. The lowest BCUT2D eigenvalue weighted by molar-refractivity contribution is 0.0368. The number of morpholine rings is 1. The molecule has 2 aromatic rings. The molecule has 2 aromatic carbocycles. The molecule has 1 fully saturated rings. The van der Waals surface area contributed by atoms with Crippen LogP contribution in [0.1, 0.15) is 37.3 Å². The summed E-state index contributed by atoms with van der Waals surface area (Å²) in [5, 5.41) is 4.93. The van der Waals surface area contributed by atoms with Gasteiger partial charge in [0.25, 0.3) is 0 Å². The molecule has 1 aliphatic rings. The van der Waals surface area contributed by atoms with Crippen LogP contribution in [0.3, 0.4) is 0 Å². The Balaban J connectivity index is 1.63. The summed E-state index contributed by atoms with van der Waals surface area (Å²) in [5.74, 6) is 0.517. The van der Waals surface area contributed by atoms with Gasteiger partial charge in [-0.15, -0.1) is 0 Å². The Morgan fingerprint density at radius 1 is 1.13 bits per heavy atom. The number of benzene rings is 2. The van der Waals surface area contributed by atoms with Crippen LogP contribution >= 0.6 is 23.8 Å². The zero-order valence-corrected chi connectivity index (χ0v) is 19.5. The van der Waals surface area contributed by atoms with Gasteiger partial charge in [-0.05, 0) is 53.9 Å². The standard InChI is InChI=1S/C24H32ClN3OS/c1-19(2)20-8-10-22(11-9-20)26-24(30)28(18-21-6-3-4-7-23(21)25)13-5-12-27-14-16-29-17-15-27/h3-4,6-11,19H,5,12-18H2,1-2H3,(H,26,30). The van der Waals surface area contributed by atoms with E-state index in [2.05, 4.69) is 59.3 Å². The molecule has 0 amide bonds. The van der Waals surface area contributed by atoms with Crippen LogP contribution in [0.15, 0.2) is 48.5 Å². The van der Waals surface area contributed by atoms with Gasteiger partial charge in [-0.3, -0.25) is 4.90 Å². The van der Waals surface area contributed by atoms with E-state index in [0.29, 0.717) is 12.5 Å². The number of ether oxygens (including phenoxy) is 1. The van der Waals surface area contributed by atoms with Gasteiger partial charge in [-0.25, -0.2) is 0 Å². The van der Waals surface area contributed by atoms with Crippen molar-refractivity contribution >= 4 is 34.6 Å². The van der Waals surface area contributed by atoms with Crippen LogP contribution in [-0.2, 0) is 11.3 Å². The van der Waals surface area contributed by atoms with Crippen LogP contribution in [-0.4, -0.2) is 54.3 Å². The van der Waals surface area contributed by atoms with Crippen molar-refractivity contribution in [3.8, 4) is 0 Å². The molecule has 3 rings (SSSR count). The van der Waals surface area contributed by atoms with Crippen molar-refractivity contribution in [2.75, 3.05) is 44.7 Å². The van der Waals surface area contributed by atoms with Gasteiger partial charge >= 0.3 is 0 Å². The van der Waals surface area contributed by atoms with Crippen molar-refractivity contribution in [3.63, 3.8) is 0 Å². The van der Waals surface area contributed by atoms with E-state index in [9.17, 15) is 0 Å². The van der Waals surface area contributed by atoms with Crippen molar-refractivity contribution < 1.29 is 4.74 Å². The van der Waals surface area contributed by atoms with Gasteiger partial charge in [-0.1, -0.05) is 55.8 Å². The van der Waals surface area contributed by atoms with Gasteiger partial charge in [-0.2, -0.15) is 0 Å². The second-order valence-electron chi connectivity index (χ2n) is 8.03. The molecule has 0 saturated carbocycles. The SMILES string of the molecule is CC(C)c1ccc(NC(=S)N(CCCN2CCOCC2)Cc2ccccc2Cl)cc1. The van der Waals surface area contributed by atoms with Crippen LogP contribution in [0.2, 0.25) is 5.02 Å². The molecule has 162 valence electrons. The fourth-order valence-corrected chi connectivity index (χ4v) is 4.02. The largest absolute Gasteiger partial charge is 0.379 e. The number of nitrogens with one attached hydrogen (secondary N) is 1. The summed E-state index contributed by atoms with van der Waals surface area (Å²) >= 11 is 12.2. The Morgan fingerprint density at radius 3 is 2.50 bits per heavy atom. The first-order valence-electron chi connectivity index (χ1n) is 10.7. The number of halogens is 1. The van der Waals surface area contributed by atoms with E-state index in [0.717, 1.165) is 67.2 Å². The number of nitrogens with zero attached hydrogens (tertiary/aromatic N) is 2. The van der Waals surface area contributed by atoms with Gasteiger partial charge in [0.15, 0.2) is 5.11 Å².